The van der Waals surface area contributed by atoms with Crippen LogP contribution in [0.1, 0.15) is 23.0 Å². The van der Waals surface area contributed by atoms with E-state index in [-0.39, 0.29) is 18.6 Å². The van der Waals surface area contributed by atoms with E-state index in [1.165, 1.54) is 12.3 Å². The van der Waals surface area contributed by atoms with E-state index < -0.39 is 5.95 Å². The molecule has 6 heteroatoms. The summed E-state index contributed by atoms with van der Waals surface area (Å²) in [6.07, 6.45) is 3.78. The van der Waals surface area contributed by atoms with E-state index >= 15 is 0 Å². The third-order valence-electron chi connectivity index (χ3n) is 3.50. The standard InChI is InChI=1S/C14H14FN3O2/c15-13-6-9(1-3-16-13)10-5-12-14(20)17-7-11(2-4-19)18(12)8-10/h1,3,5-6,8,11,19H,2,4,7H2,(H,17,20). The third kappa shape index (κ3) is 2.18. The normalized spacial score (nSPS) is 17.7. The van der Waals surface area contributed by atoms with Gasteiger partial charge >= 0.3 is 0 Å². The molecule has 2 N–H and O–H groups in total. The zero-order valence-corrected chi connectivity index (χ0v) is 10.7. The number of aromatic nitrogens is 2. The lowest BCUT2D eigenvalue weighted by Gasteiger charge is -2.25. The van der Waals surface area contributed by atoms with E-state index in [0.717, 1.165) is 5.56 Å². The second kappa shape index (κ2) is 5.05. The number of hydrogen-bond donors (Lipinski definition) is 2. The summed E-state index contributed by atoms with van der Waals surface area (Å²) in [4.78, 5) is 15.4. The first kappa shape index (κ1) is 12.8. The third-order valence-corrected chi connectivity index (χ3v) is 3.50. The highest BCUT2D eigenvalue weighted by atomic mass is 19.1. The average molecular weight is 275 g/mol. The summed E-state index contributed by atoms with van der Waals surface area (Å²) >= 11 is 0. The predicted octanol–water partition coefficient (Wildman–Crippen LogP) is 1.36. The van der Waals surface area contributed by atoms with Gasteiger partial charge in [0.15, 0.2) is 0 Å². The summed E-state index contributed by atoms with van der Waals surface area (Å²) in [7, 11) is 0. The molecule has 0 spiro atoms. The Morgan fingerprint density at radius 3 is 3.05 bits per heavy atom. The van der Waals surface area contributed by atoms with E-state index in [1.54, 1.807) is 12.1 Å². The van der Waals surface area contributed by atoms with Gasteiger partial charge in [-0.25, -0.2) is 4.98 Å². The monoisotopic (exact) mass is 275 g/mol. The fraction of sp³-hybridized carbons (Fsp3) is 0.286. The second-order valence-electron chi connectivity index (χ2n) is 4.76. The number of amides is 1. The number of nitrogens with one attached hydrogen (secondary N) is 1. The van der Waals surface area contributed by atoms with Crippen LogP contribution in [0.5, 0.6) is 0 Å². The smallest absolute Gasteiger partial charge is 0.268 e. The van der Waals surface area contributed by atoms with Crippen LogP contribution in [0.3, 0.4) is 0 Å². The number of carbonyl (C=O) groups excluding carboxylic acids is 1. The summed E-state index contributed by atoms with van der Waals surface area (Å²) in [5.41, 5.74) is 1.97. The fourth-order valence-electron chi connectivity index (χ4n) is 2.49. The van der Waals surface area contributed by atoms with Gasteiger partial charge in [0.05, 0.1) is 6.04 Å². The molecule has 3 heterocycles. The summed E-state index contributed by atoms with van der Waals surface area (Å²) in [5, 5.41) is 11.9. The molecule has 0 fully saturated rings. The van der Waals surface area contributed by atoms with Crippen LogP contribution < -0.4 is 5.32 Å². The van der Waals surface area contributed by atoms with Gasteiger partial charge in [-0.2, -0.15) is 4.39 Å². The Labute approximate surface area is 115 Å². The van der Waals surface area contributed by atoms with Crippen LogP contribution in [0.15, 0.2) is 30.6 Å². The molecule has 1 unspecified atom stereocenters. The van der Waals surface area contributed by atoms with Crippen LogP contribution in [0.25, 0.3) is 11.1 Å². The van der Waals surface area contributed by atoms with Crippen LogP contribution in [0.4, 0.5) is 4.39 Å². The molecular weight excluding hydrogens is 261 g/mol. The number of hydrogen-bond acceptors (Lipinski definition) is 3. The minimum absolute atomic E-state index is 0.0214. The van der Waals surface area contributed by atoms with Gasteiger partial charge < -0.3 is 15.0 Å². The maximum absolute atomic E-state index is 13.2. The number of carbonyl (C=O) groups is 1. The van der Waals surface area contributed by atoms with E-state index in [4.69, 9.17) is 5.11 Å². The largest absolute Gasteiger partial charge is 0.396 e. The molecule has 5 nitrogen and oxygen atoms in total. The van der Waals surface area contributed by atoms with Crippen LogP contribution >= 0.6 is 0 Å². The number of fused-ring (bicyclic) bond motifs is 1. The molecule has 1 aliphatic rings. The molecule has 0 radical (unpaired) electrons. The minimum Gasteiger partial charge on any atom is -0.396 e. The molecule has 104 valence electrons. The first-order valence-electron chi connectivity index (χ1n) is 6.42. The Morgan fingerprint density at radius 2 is 2.30 bits per heavy atom. The molecule has 3 rings (SSSR count). The Kier molecular flexibility index (Phi) is 3.23. The molecule has 1 atom stereocenters. The SMILES string of the molecule is O=C1NCC(CCO)n2cc(-c3ccnc(F)c3)cc21. The van der Waals surface area contributed by atoms with Gasteiger partial charge in [0.2, 0.25) is 5.95 Å². The van der Waals surface area contributed by atoms with Gasteiger partial charge in [-0.15, -0.1) is 0 Å². The Balaban J connectivity index is 2.04. The molecule has 0 aromatic carbocycles. The van der Waals surface area contributed by atoms with Crippen molar-refractivity contribution in [1.82, 2.24) is 14.9 Å². The minimum atomic E-state index is -0.553. The number of rotatable bonds is 3. The lowest BCUT2D eigenvalue weighted by Crippen LogP contribution is -2.38. The van der Waals surface area contributed by atoms with Crippen LogP contribution in [0, 0.1) is 5.95 Å². The van der Waals surface area contributed by atoms with Crippen molar-refractivity contribution >= 4 is 5.91 Å². The molecular formula is C14H14FN3O2. The summed E-state index contributed by atoms with van der Waals surface area (Å²) in [5.74, 6) is -0.706. The van der Waals surface area contributed by atoms with E-state index in [9.17, 15) is 9.18 Å². The summed E-state index contributed by atoms with van der Waals surface area (Å²) in [6, 6.07) is 4.78. The van der Waals surface area contributed by atoms with Crippen LogP contribution in [-0.2, 0) is 0 Å². The maximum atomic E-state index is 13.2. The summed E-state index contributed by atoms with van der Waals surface area (Å²) < 4.78 is 15.0. The van der Waals surface area contributed by atoms with Crippen molar-refractivity contribution < 1.29 is 14.3 Å². The van der Waals surface area contributed by atoms with Crippen molar-refractivity contribution in [3.8, 4) is 11.1 Å². The Hall–Kier alpha value is -2.21. The van der Waals surface area contributed by atoms with Gasteiger partial charge in [-0.1, -0.05) is 0 Å². The van der Waals surface area contributed by atoms with Crippen molar-refractivity contribution in [3.63, 3.8) is 0 Å². The molecule has 2 aromatic heterocycles. The Bertz CT molecular complexity index is 654. The molecule has 0 aliphatic carbocycles. The molecule has 0 saturated carbocycles. The van der Waals surface area contributed by atoms with Crippen LogP contribution in [0.2, 0.25) is 0 Å². The number of aliphatic hydroxyl groups is 1. The molecule has 1 aliphatic heterocycles. The fourth-order valence-corrected chi connectivity index (χ4v) is 2.49. The Morgan fingerprint density at radius 1 is 1.45 bits per heavy atom. The van der Waals surface area contributed by atoms with Crippen molar-refractivity contribution in [2.45, 2.75) is 12.5 Å². The first-order valence-corrected chi connectivity index (χ1v) is 6.42. The highest BCUT2D eigenvalue weighted by Crippen LogP contribution is 2.27. The zero-order valence-electron chi connectivity index (χ0n) is 10.7. The van der Waals surface area contributed by atoms with Crippen molar-refractivity contribution in [2.24, 2.45) is 0 Å². The lowest BCUT2D eigenvalue weighted by atomic mass is 10.1. The zero-order chi connectivity index (χ0) is 14.1. The van der Waals surface area contributed by atoms with Crippen molar-refractivity contribution in [2.75, 3.05) is 13.2 Å². The summed E-state index contributed by atoms with van der Waals surface area (Å²) in [6.45, 7) is 0.544. The van der Waals surface area contributed by atoms with Gasteiger partial charge in [0, 0.05) is 37.2 Å². The molecule has 0 saturated heterocycles. The van der Waals surface area contributed by atoms with Gasteiger partial charge in [0.1, 0.15) is 5.69 Å². The highest BCUT2D eigenvalue weighted by Gasteiger charge is 2.25. The van der Waals surface area contributed by atoms with E-state index in [1.807, 2.05) is 10.8 Å². The van der Waals surface area contributed by atoms with E-state index in [0.29, 0.717) is 24.2 Å². The second-order valence-corrected chi connectivity index (χ2v) is 4.76. The van der Waals surface area contributed by atoms with E-state index in [2.05, 4.69) is 10.3 Å². The number of nitrogens with zero attached hydrogens (tertiary/aromatic N) is 2. The topological polar surface area (TPSA) is 67.2 Å². The lowest BCUT2D eigenvalue weighted by molar-refractivity contribution is 0.0907. The van der Waals surface area contributed by atoms with Gasteiger partial charge in [-0.05, 0) is 24.1 Å². The quantitative estimate of drug-likeness (QED) is 0.831. The average Bonchev–Trinajstić information content (AvgIpc) is 2.88. The van der Waals surface area contributed by atoms with Crippen LogP contribution in [-0.4, -0.2) is 33.7 Å². The van der Waals surface area contributed by atoms with Crippen molar-refractivity contribution in [1.29, 1.82) is 0 Å². The maximum Gasteiger partial charge on any atom is 0.268 e. The highest BCUT2D eigenvalue weighted by molar-refractivity contribution is 5.95. The molecule has 1 amide bonds. The number of halogens is 1. The van der Waals surface area contributed by atoms with Gasteiger partial charge in [-0.3, -0.25) is 4.79 Å². The first-order chi connectivity index (χ1) is 9.69. The number of pyridine rings is 1. The van der Waals surface area contributed by atoms with Crippen molar-refractivity contribution in [3.05, 3.63) is 42.2 Å². The number of aliphatic hydroxyl groups excluding tert-OH is 1. The molecule has 0 bridgehead atoms. The van der Waals surface area contributed by atoms with Gasteiger partial charge in [0.25, 0.3) is 5.91 Å². The predicted molar refractivity (Wildman–Crippen MR) is 70.7 cm³/mol. The molecule has 2 aromatic rings. The molecule has 20 heavy (non-hydrogen) atoms.